The van der Waals surface area contributed by atoms with E-state index < -0.39 is 11.0 Å². The van der Waals surface area contributed by atoms with Crippen LogP contribution in [0.5, 0.6) is 5.75 Å². The molecule has 1 N–H and O–H groups in total. The van der Waals surface area contributed by atoms with Gasteiger partial charge in [0.2, 0.25) is 0 Å². The van der Waals surface area contributed by atoms with Crippen LogP contribution in [0.2, 0.25) is 0 Å². The zero-order valence-corrected chi connectivity index (χ0v) is 17.2. The van der Waals surface area contributed by atoms with Crippen molar-refractivity contribution < 1.29 is 14.5 Å². The number of nitro groups is 1. The Balaban J connectivity index is 0.00000155. The van der Waals surface area contributed by atoms with Gasteiger partial charge >= 0.3 is 5.97 Å². The molecule has 3 aromatic rings. The first-order valence-corrected chi connectivity index (χ1v) is 9.80. The molecule has 2 aromatic carbocycles. The number of aromatic nitrogens is 1. The Bertz CT molecular complexity index is 977. The predicted molar refractivity (Wildman–Crippen MR) is 117 cm³/mol. The summed E-state index contributed by atoms with van der Waals surface area (Å²) in [4.78, 5) is 26.9. The number of rotatable bonds is 7. The van der Waals surface area contributed by atoms with Crippen molar-refractivity contribution in [1.82, 2.24) is 4.98 Å². The Hall–Kier alpha value is -3.74. The van der Waals surface area contributed by atoms with Crippen LogP contribution < -0.4 is 10.1 Å². The summed E-state index contributed by atoms with van der Waals surface area (Å²) in [6.45, 7) is 5.72. The van der Waals surface area contributed by atoms with E-state index >= 15 is 0 Å². The van der Waals surface area contributed by atoms with Crippen molar-refractivity contribution in [2.24, 2.45) is 0 Å². The number of carbonyl (C=O) groups excluding carboxylic acids is 1. The summed E-state index contributed by atoms with van der Waals surface area (Å²) in [6.07, 6.45) is 1.89. The van der Waals surface area contributed by atoms with Gasteiger partial charge in [-0.2, -0.15) is 0 Å². The average molecular weight is 407 g/mol. The smallest absolute Gasteiger partial charge is 0.310 e. The van der Waals surface area contributed by atoms with Gasteiger partial charge in [0.05, 0.1) is 11.0 Å². The van der Waals surface area contributed by atoms with Crippen LogP contribution in [0.25, 0.3) is 0 Å². The lowest BCUT2D eigenvalue weighted by Crippen LogP contribution is -2.16. The molecule has 7 heteroatoms. The molecule has 1 unspecified atom stereocenters. The zero-order valence-electron chi connectivity index (χ0n) is 17.2. The number of pyridine rings is 1. The second-order valence-corrected chi connectivity index (χ2v) is 6.01. The highest BCUT2D eigenvalue weighted by Gasteiger charge is 2.22. The fourth-order valence-corrected chi connectivity index (χ4v) is 2.76. The summed E-state index contributed by atoms with van der Waals surface area (Å²) >= 11 is 0. The molecular weight excluding hydrogens is 382 g/mol. The molecule has 0 radical (unpaired) electrons. The Morgan fingerprint density at radius 2 is 1.83 bits per heavy atom. The summed E-state index contributed by atoms with van der Waals surface area (Å²) < 4.78 is 5.48. The molecule has 0 saturated heterocycles. The van der Waals surface area contributed by atoms with Crippen molar-refractivity contribution in [2.75, 3.05) is 5.32 Å². The third kappa shape index (κ3) is 5.88. The van der Waals surface area contributed by atoms with E-state index in [9.17, 15) is 14.9 Å². The van der Waals surface area contributed by atoms with E-state index in [1.54, 1.807) is 49.5 Å². The molecule has 1 heterocycles. The van der Waals surface area contributed by atoms with Crippen LogP contribution in [0.3, 0.4) is 0 Å². The maximum Gasteiger partial charge on any atom is 0.310 e. The maximum absolute atomic E-state index is 11.8. The topological polar surface area (TPSA) is 94.4 Å². The first-order chi connectivity index (χ1) is 14.6. The number of carbonyl (C=O) groups is 1. The Morgan fingerprint density at radius 3 is 2.50 bits per heavy atom. The Labute approximate surface area is 175 Å². The monoisotopic (exact) mass is 407 g/mol. The normalized spacial score (nSPS) is 10.9. The van der Waals surface area contributed by atoms with E-state index in [0.717, 1.165) is 0 Å². The number of nitrogens with one attached hydrogen (secondary N) is 1. The molecule has 1 aromatic heterocycles. The van der Waals surface area contributed by atoms with Gasteiger partial charge in [-0.15, -0.1) is 0 Å². The van der Waals surface area contributed by atoms with Crippen LogP contribution in [0.4, 0.5) is 11.5 Å². The fraction of sp³-hybridized carbons (Fsp3) is 0.217. The summed E-state index contributed by atoms with van der Waals surface area (Å²) in [5, 5.41) is 14.5. The highest BCUT2D eigenvalue weighted by Crippen LogP contribution is 2.34. The number of nitro benzene ring substituents is 1. The number of hydrogen-bond donors (Lipinski definition) is 1. The van der Waals surface area contributed by atoms with Gasteiger partial charge in [-0.25, -0.2) is 4.98 Å². The quantitative estimate of drug-likeness (QED) is 0.239. The molecule has 0 amide bonds. The minimum Gasteiger partial charge on any atom is -0.426 e. The first kappa shape index (κ1) is 22.5. The van der Waals surface area contributed by atoms with Gasteiger partial charge < -0.3 is 10.1 Å². The Kier molecular flexibility index (Phi) is 8.50. The number of para-hydroxylation sites is 1. The van der Waals surface area contributed by atoms with E-state index in [-0.39, 0.29) is 18.1 Å². The largest absolute Gasteiger partial charge is 0.426 e. The number of benzene rings is 2. The maximum atomic E-state index is 11.8. The van der Waals surface area contributed by atoms with Crippen molar-refractivity contribution in [2.45, 2.75) is 33.2 Å². The number of esters is 1. The molecule has 30 heavy (non-hydrogen) atoms. The number of ether oxygens (including phenoxy) is 1. The molecule has 0 saturated carbocycles. The second kappa shape index (κ2) is 11.3. The molecule has 0 aliphatic rings. The van der Waals surface area contributed by atoms with Gasteiger partial charge in [-0.05, 0) is 23.8 Å². The van der Waals surface area contributed by atoms with Crippen molar-refractivity contribution in [3.05, 3.63) is 94.2 Å². The van der Waals surface area contributed by atoms with Crippen LogP contribution in [0.15, 0.2) is 72.9 Å². The van der Waals surface area contributed by atoms with Crippen molar-refractivity contribution in [3.63, 3.8) is 0 Å². The van der Waals surface area contributed by atoms with Gasteiger partial charge in [0, 0.05) is 30.3 Å². The molecular formula is C23H25N3O4. The lowest BCUT2D eigenvalue weighted by molar-refractivity contribution is -0.384. The van der Waals surface area contributed by atoms with Crippen LogP contribution in [-0.4, -0.2) is 15.9 Å². The second-order valence-electron chi connectivity index (χ2n) is 6.01. The minimum atomic E-state index is -0.504. The molecule has 1 atom stereocenters. The molecule has 0 aliphatic carbocycles. The standard InChI is InChI=1S/C21H19N3O4.C2H6/c1-2-20(25)28-18-11-4-3-10-17(18)21(23-19-12-5-6-13-22-19)15-8-7-9-16(14-15)24(26)27;1-2/h3-14,21H,2H2,1H3,(H,22,23);1-2H3. The molecule has 156 valence electrons. The third-order valence-electron chi connectivity index (χ3n) is 4.11. The summed E-state index contributed by atoms with van der Waals surface area (Å²) in [7, 11) is 0. The highest BCUT2D eigenvalue weighted by molar-refractivity contribution is 5.72. The summed E-state index contributed by atoms with van der Waals surface area (Å²) in [6, 6.07) is 18.4. The van der Waals surface area contributed by atoms with Crippen molar-refractivity contribution in [1.29, 1.82) is 0 Å². The van der Waals surface area contributed by atoms with Crippen molar-refractivity contribution >= 4 is 17.5 Å². The van der Waals surface area contributed by atoms with Crippen LogP contribution in [0.1, 0.15) is 44.4 Å². The number of anilines is 1. The summed E-state index contributed by atoms with van der Waals surface area (Å²) in [5.74, 6) is 0.632. The third-order valence-corrected chi connectivity index (χ3v) is 4.11. The SMILES string of the molecule is CC.CCC(=O)Oc1ccccc1C(Nc1ccccn1)c1cccc([N+](=O)[O-])c1. The minimum absolute atomic E-state index is 0.0200. The van der Waals surface area contributed by atoms with E-state index in [1.807, 2.05) is 32.0 Å². The van der Waals surface area contributed by atoms with E-state index in [4.69, 9.17) is 4.74 Å². The van der Waals surface area contributed by atoms with E-state index in [0.29, 0.717) is 22.7 Å². The van der Waals surface area contributed by atoms with Crippen molar-refractivity contribution in [3.8, 4) is 5.75 Å². The molecule has 7 nitrogen and oxygen atoms in total. The van der Waals surface area contributed by atoms with Crippen LogP contribution in [-0.2, 0) is 4.79 Å². The van der Waals surface area contributed by atoms with Gasteiger partial charge in [0.15, 0.2) is 0 Å². The van der Waals surface area contributed by atoms with Gasteiger partial charge in [0.25, 0.3) is 5.69 Å². The first-order valence-electron chi connectivity index (χ1n) is 9.80. The summed E-state index contributed by atoms with van der Waals surface area (Å²) in [5.41, 5.74) is 1.31. The predicted octanol–water partition coefficient (Wildman–Crippen LogP) is 5.53. The number of nitrogens with zero attached hydrogens (tertiary/aromatic N) is 2. The lowest BCUT2D eigenvalue weighted by Gasteiger charge is -2.22. The van der Waals surface area contributed by atoms with Gasteiger partial charge in [-0.3, -0.25) is 14.9 Å². The highest BCUT2D eigenvalue weighted by atomic mass is 16.6. The van der Waals surface area contributed by atoms with E-state index in [2.05, 4.69) is 10.3 Å². The van der Waals surface area contributed by atoms with Crippen LogP contribution >= 0.6 is 0 Å². The molecule has 0 spiro atoms. The zero-order chi connectivity index (χ0) is 21.9. The molecule has 0 bridgehead atoms. The Morgan fingerprint density at radius 1 is 1.10 bits per heavy atom. The van der Waals surface area contributed by atoms with Gasteiger partial charge in [-0.1, -0.05) is 57.2 Å². The fourth-order valence-electron chi connectivity index (χ4n) is 2.76. The van der Waals surface area contributed by atoms with Crippen LogP contribution in [0, 0.1) is 10.1 Å². The number of non-ortho nitro benzene ring substituents is 1. The van der Waals surface area contributed by atoms with E-state index in [1.165, 1.54) is 12.1 Å². The number of hydrogen-bond acceptors (Lipinski definition) is 6. The molecule has 0 fully saturated rings. The molecule has 0 aliphatic heterocycles. The average Bonchev–Trinajstić information content (AvgIpc) is 2.80. The van der Waals surface area contributed by atoms with Gasteiger partial charge in [0.1, 0.15) is 11.6 Å². The molecule has 3 rings (SSSR count). The lowest BCUT2D eigenvalue weighted by atomic mass is 9.97.